The minimum absolute atomic E-state index is 0.259. The molecule has 1 aromatic heterocycles. The van der Waals surface area contributed by atoms with E-state index in [0.29, 0.717) is 6.42 Å². The summed E-state index contributed by atoms with van der Waals surface area (Å²) in [6.07, 6.45) is 3.42. The predicted octanol–water partition coefficient (Wildman–Crippen LogP) is 3.14. The third-order valence-corrected chi connectivity index (χ3v) is 3.55. The number of aryl methyl sites for hydroxylation is 2. The maximum atomic E-state index is 10.9. The highest BCUT2D eigenvalue weighted by Gasteiger charge is 2.13. The van der Waals surface area contributed by atoms with Gasteiger partial charge in [-0.2, -0.15) is 5.10 Å². The Morgan fingerprint density at radius 3 is 2.62 bits per heavy atom. The van der Waals surface area contributed by atoms with Gasteiger partial charge in [0.1, 0.15) is 5.78 Å². The first-order chi connectivity index (χ1) is 7.60. The Bertz CT molecular complexity index is 371. The number of hydrogen-bond donors (Lipinski definition) is 0. The maximum absolute atomic E-state index is 10.9. The SMILES string of the molecule is CCc1nn(CC)c(CCCC(C)=O)c1Br. The molecule has 0 fully saturated rings. The minimum atomic E-state index is 0.259. The van der Waals surface area contributed by atoms with Crippen LogP contribution in [0.1, 0.15) is 45.0 Å². The van der Waals surface area contributed by atoms with E-state index in [9.17, 15) is 4.79 Å². The molecule has 0 bridgehead atoms. The standard InChI is InChI=1S/C12H19BrN2O/c1-4-10-12(13)11(15(5-2)14-10)8-6-7-9(3)16/h4-8H2,1-3H3. The van der Waals surface area contributed by atoms with Crippen LogP contribution in [0.4, 0.5) is 0 Å². The predicted molar refractivity (Wildman–Crippen MR) is 68.6 cm³/mol. The molecule has 0 spiro atoms. The van der Waals surface area contributed by atoms with Gasteiger partial charge in [0.05, 0.1) is 15.9 Å². The van der Waals surface area contributed by atoms with Gasteiger partial charge in [-0.05, 0) is 49.0 Å². The van der Waals surface area contributed by atoms with Gasteiger partial charge in [-0.1, -0.05) is 6.92 Å². The fourth-order valence-electron chi connectivity index (χ4n) is 1.76. The Morgan fingerprint density at radius 2 is 2.12 bits per heavy atom. The van der Waals surface area contributed by atoms with Crippen LogP contribution in [-0.4, -0.2) is 15.6 Å². The third kappa shape index (κ3) is 3.17. The third-order valence-electron chi connectivity index (χ3n) is 2.64. The highest BCUT2D eigenvalue weighted by atomic mass is 79.9. The normalized spacial score (nSPS) is 10.8. The van der Waals surface area contributed by atoms with Crippen LogP contribution in [0.25, 0.3) is 0 Å². The van der Waals surface area contributed by atoms with E-state index in [0.717, 1.165) is 36.0 Å². The van der Waals surface area contributed by atoms with Crippen molar-refractivity contribution in [1.29, 1.82) is 0 Å². The first kappa shape index (κ1) is 13.4. The molecule has 0 atom stereocenters. The first-order valence-corrected chi connectivity index (χ1v) is 6.62. The minimum Gasteiger partial charge on any atom is -0.300 e. The van der Waals surface area contributed by atoms with Crippen molar-refractivity contribution in [3.63, 3.8) is 0 Å². The zero-order valence-electron chi connectivity index (χ0n) is 10.2. The van der Waals surface area contributed by atoms with Gasteiger partial charge in [0.25, 0.3) is 0 Å². The van der Waals surface area contributed by atoms with Crippen LogP contribution in [0, 0.1) is 0 Å². The summed E-state index contributed by atoms with van der Waals surface area (Å²) in [5.74, 6) is 0.259. The average molecular weight is 287 g/mol. The van der Waals surface area contributed by atoms with Crippen LogP contribution in [0.15, 0.2) is 4.47 Å². The van der Waals surface area contributed by atoms with Crippen LogP contribution in [0.5, 0.6) is 0 Å². The Hall–Kier alpha value is -0.640. The number of rotatable bonds is 6. The van der Waals surface area contributed by atoms with Crippen molar-refractivity contribution in [3.05, 3.63) is 15.9 Å². The maximum Gasteiger partial charge on any atom is 0.129 e. The average Bonchev–Trinajstić information content (AvgIpc) is 2.55. The zero-order chi connectivity index (χ0) is 12.1. The largest absolute Gasteiger partial charge is 0.300 e. The summed E-state index contributed by atoms with van der Waals surface area (Å²) in [7, 11) is 0. The number of carbonyl (C=O) groups is 1. The van der Waals surface area contributed by atoms with Gasteiger partial charge in [-0.3, -0.25) is 4.68 Å². The molecule has 3 nitrogen and oxygen atoms in total. The molecule has 0 radical (unpaired) electrons. The lowest BCUT2D eigenvalue weighted by atomic mass is 10.1. The van der Waals surface area contributed by atoms with Gasteiger partial charge in [-0.25, -0.2) is 0 Å². The number of carbonyl (C=O) groups excluding carboxylic acids is 1. The monoisotopic (exact) mass is 286 g/mol. The van der Waals surface area contributed by atoms with E-state index in [2.05, 4.69) is 34.9 Å². The summed E-state index contributed by atoms with van der Waals surface area (Å²) >= 11 is 3.60. The Kier molecular flexibility index (Phi) is 5.19. The number of ketones is 1. The van der Waals surface area contributed by atoms with Crippen LogP contribution < -0.4 is 0 Å². The van der Waals surface area contributed by atoms with E-state index >= 15 is 0 Å². The summed E-state index contributed by atoms with van der Waals surface area (Å²) < 4.78 is 3.16. The van der Waals surface area contributed by atoms with Crippen molar-refractivity contribution in [3.8, 4) is 0 Å². The molecular formula is C12H19BrN2O. The molecule has 90 valence electrons. The van der Waals surface area contributed by atoms with Crippen molar-refractivity contribution in [2.75, 3.05) is 0 Å². The Morgan fingerprint density at radius 1 is 1.44 bits per heavy atom. The number of Topliss-reactive ketones (excluding diaryl/α,β-unsaturated/α-hetero) is 1. The van der Waals surface area contributed by atoms with Gasteiger partial charge >= 0.3 is 0 Å². The van der Waals surface area contributed by atoms with E-state index in [1.165, 1.54) is 5.69 Å². The summed E-state index contributed by atoms with van der Waals surface area (Å²) in [6, 6.07) is 0. The molecule has 0 unspecified atom stereocenters. The van der Waals surface area contributed by atoms with Crippen LogP contribution >= 0.6 is 15.9 Å². The summed E-state index contributed by atoms with van der Waals surface area (Å²) in [4.78, 5) is 10.9. The Balaban J connectivity index is 2.76. The van der Waals surface area contributed by atoms with Gasteiger partial charge in [-0.15, -0.1) is 0 Å². The second-order valence-corrected chi connectivity index (χ2v) is 4.73. The zero-order valence-corrected chi connectivity index (χ0v) is 11.8. The van der Waals surface area contributed by atoms with E-state index in [-0.39, 0.29) is 5.78 Å². The highest BCUT2D eigenvalue weighted by molar-refractivity contribution is 9.10. The number of nitrogens with zero attached hydrogens (tertiary/aromatic N) is 2. The molecule has 0 aliphatic rings. The van der Waals surface area contributed by atoms with Gasteiger partial charge in [0, 0.05) is 13.0 Å². The number of hydrogen-bond acceptors (Lipinski definition) is 2. The van der Waals surface area contributed by atoms with E-state index in [1.54, 1.807) is 6.92 Å². The van der Waals surface area contributed by atoms with Gasteiger partial charge in [0.15, 0.2) is 0 Å². The second kappa shape index (κ2) is 6.18. The molecule has 1 aromatic rings. The molecule has 0 aromatic carbocycles. The van der Waals surface area contributed by atoms with E-state index in [1.807, 2.05) is 4.68 Å². The fraction of sp³-hybridized carbons (Fsp3) is 0.667. The van der Waals surface area contributed by atoms with E-state index < -0.39 is 0 Å². The number of halogens is 1. The first-order valence-electron chi connectivity index (χ1n) is 5.83. The van der Waals surface area contributed by atoms with Crippen LogP contribution in [0.3, 0.4) is 0 Å². The fourth-order valence-corrected chi connectivity index (χ4v) is 2.52. The van der Waals surface area contributed by atoms with Crippen molar-refractivity contribution < 1.29 is 4.79 Å². The lowest BCUT2D eigenvalue weighted by Gasteiger charge is -2.04. The summed E-state index contributed by atoms with van der Waals surface area (Å²) in [5, 5.41) is 4.53. The molecule has 0 saturated heterocycles. The molecule has 0 aliphatic heterocycles. The Labute approximate surface area is 105 Å². The van der Waals surface area contributed by atoms with Crippen molar-refractivity contribution in [2.45, 2.75) is 53.0 Å². The topological polar surface area (TPSA) is 34.9 Å². The molecule has 0 N–H and O–H groups in total. The molecule has 4 heteroatoms. The molecular weight excluding hydrogens is 268 g/mol. The molecule has 0 aliphatic carbocycles. The smallest absolute Gasteiger partial charge is 0.129 e. The lowest BCUT2D eigenvalue weighted by molar-refractivity contribution is -0.117. The quantitative estimate of drug-likeness (QED) is 0.805. The molecule has 16 heavy (non-hydrogen) atoms. The van der Waals surface area contributed by atoms with Crippen molar-refractivity contribution in [1.82, 2.24) is 9.78 Å². The van der Waals surface area contributed by atoms with Crippen molar-refractivity contribution >= 4 is 21.7 Å². The van der Waals surface area contributed by atoms with Crippen LogP contribution in [0.2, 0.25) is 0 Å². The van der Waals surface area contributed by atoms with Gasteiger partial charge < -0.3 is 4.79 Å². The second-order valence-electron chi connectivity index (χ2n) is 3.93. The molecule has 0 saturated carbocycles. The highest BCUT2D eigenvalue weighted by Crippen LogP contribution is 2.23. The molecule has 0 amide bonds. The summed E-state index contributed by atoms with van der Waals surface area (Å²) in [5.41, 5.74) is 2.33. The molecule has 1 heterocycles. The lowest BCUT2D eigenvalue weighted by Crippen LogP contribution is -2.04. The molecule has 1 rings (SSSR count). The number of aromatic nitrogens is 2. The van der Waals surface area contributed by atoms with E-state index in [4.69, 9.17) is 0 Å². The van der Waals surface area contributed by atoms with Crippen molar-refractivity contribution in [2.24, 2.45) is 0 Å². The van der Waals surface area contributed by atoms with Gasteiger partial charge in [0.2, 0.25) is 0 Å². The summed E-state index contributed by atoms with van der Waals surface area (Å²) in [6.45, 7) is 6.72. The van der Waals surface area contributed by atoms with Crippen LogP contribution in [-0.2, 0) is 24.2 Å².